The molecule has 0 aliphatic heterocycles. The fourth-order valence-electron chi connectivity index (χ4n) is 3.16. The van der Waals surface area contributed by atoms with Crippen LogP contribution in [0.5, 0.6) is 11.5 Å². The molecule has 1 amide bonds. The molecule has 0 saturated carbocycles. The maximum atomic E-state index is 13.4. The minimum atomic E-state index is -4.22. The molecule has 0 aliphatic carbocycles. The molecule has 0 spiro atoms. The third-order valence-corrected chi connectivity index (χ3v) is 7.12. The molecule has 0 atom stereocenters. The van der Waals surface area contributed by atoms with Crippen LogP contribution in [0.4, 0.5) is 5.69 Å². The number of nitrogens with zero attached hydrogens (tertiary/aromatic N) is 1. The summed E-state index contributed by atoms with van der Waals surface area (Å²) in [6, 6.07) is 15.5. The Hall–Kier alpha value is -2.55. The number of ether oxygens (including phenoxy) is 2. The van der Waals surface area contributed by atoms with E-state index in [-0.39, 0.29) is 10.6 Å². The van der Waals surface area contributed by atoms with Crippen molar-refractivity contribution in [2.45, 2.75) is 18.7 Å². The van der Waals surface area contributed by atoms with Gasteiger partial charge in [0.2, 0.25) is 0 Å². The second-order valence-electron chi connectivity index (χ2n) is 6.97. The highest BCUT2D eigenvalue weighted by atomic mass is 79.9. The molecule has 0 fully saturated rings. The summed E-state index contributed by atoms with van der Waals surface area (Å²) in [5, 5.41) is 0.385. The number of halogens is 2. The van der Waals surface area contributed by atoms with Crippen LogP contribution in [-0.2, 0) is 14.8 Å². The summed E-state index contributed by atoms with van der Waals surface area (Å²) in [5.41, 5.74) is 1.81. The lowest BCUT2D eigenvalue weighted by Gasteiger charge is -2.23. The van der Waals surface area contributed by atoms with E-state index in [1.165, 1.54) is 43.5 Å². The van der Waals surface area contributed by atoms with Gasteiger partial charge < -0.3 is 9.47 Å². The fraction of sp³-hybridized carbons (Fsp3) is 0.174. The van der Waals surface area contributed by atoms with Crippen molar-refractivity contribution >= 4 is 49.1 Å². The number of hydrogen-bond acceptors (Lipinski definition) is 5. The average molecular weight is 539 g/mol. The summed E-state index contributed by atoms with van der Waals surface area (Å²) < 4.78 is 39.3. The van der Waals surface area contributed by atoms with E-state index in [0.717, 1.165) is 19.9 Å². The van der Waals surface area contributed by atoms with Crippen LogP contribution in [0.1, 0.15) is 11.1 Å². The van der Waals surface area contributed by atoms with Crippen molar-refractivity contribution < 1.29 is 22.7 Å². The second-order valence-corrected chi connectivity index (χ2v) is 10.1. The lowest BCUT2D eigenvalue weighted by Crippen LogP contribution is -2.40. The Balaban J connectivity index is 1.98. The topological polar surface area (TPSA) is 72.9 Å². The number of aryl methyl sites for hydroxylation is 2. The summed E-state index contributed by atoms with van der Waals surface area (Å²) >= 11 is 9.32. The van der Waals surface area contributed by atoms with Gasteiger partial charge in [-0.25, -0.2) is 8.42 Å². The highest BCUT2D eigenvalue weighted by Crippen LogP contribution is 2.29. The lowest BCUT2D eigenvalue weighted by atomic mass is 10.1. The molecule has 0 N–H and O–H groups in total. The van der Waals surface area contributed by atoms with Crippen LogP contribution in [0, 0.1) is 13.8 Å². The van der Waals surface area contributed by atoms with E-state index in [1.54, 1.807) is 12.1 Å². The Kier molecular flexibility index (Phi) is 7.48. The van der Waals surface area contributed by atoms with E-state index in [1.807, 2.05) is 26.0 Å². The normalized spacial score (nSPS) is 11.2. The molecule has 3 rings (SSSR count). The third-order valence-electron chi connectivity index (χ3n) is 4.65. The van der Waals surface area contributed by atoms with E-state index in [2.05, 4.69) is 15.9 Å². The van der Waals surface area contributed by atoms with Gasteiger partial charge in [0.05, 0.1) is 17.7 Å². The Morgan fingerprint density at radius 2 is 1.56 bits per heavy atom. The van der Waals surface area contributed by atoms with Gasteiger partial charge in [-0.15, -0.1) is 0 Å². The maximum Gasteiger partial charge on any atom is 0.278 e. The Morgan fingerprint density at radius 1 is 1.00 bits per heavy atom. The molecule has 9 heteroatoms. The molecule has 3 aromatic carbocycles. The second kappa shape index (κ2) is 9.94. The number of anilines is 1. The first-order chi connectivity index (χ1) is 15.1. The zero-order valence-corrected chi connectivity index (χ0v) is 20.8. The zero-order chi connectivity index (χ0) is 23.5. The molecule has 0 aromatic heterocycles. The standard InChI is InChI=1S/C23H21BrClNO5S/c1-15-12-17(24)13-16(2)23(15)31-14-22(27)26(19-6-8-20(30-3)9-7-19)32(28,29)21-10-4-18(25)5-11-21/h4-13H,14H2,1-3H3. The SMILES string of the molecule is COc1ccc(N(C(=O)COc2c(C)cc(Br)cc2C)S(=O)(=O)c2ccc(Cl)cc2)cc1. The van der Waals surface area contributed by atoms with Gasteiger partial charge in [0.1, 0.15) is 11.5 Å². The molecular formula is C23H21BrClNO5S. The van der Waals surface area contributed by atoms with Crippen LogP contribution in [0.3, 0.4) is 0 Å². The van der Waals surface area contributed by atoms with Crippen molar-refractivity contribution in [3.05, 3.63) is 81.3 Å². The molecule has 0 bridgehead atoms. The molecule has 0 radical (unpaired) electrons. The van der Waals surface area contributed by atoms with Crippen LogP contribution in [0.2, 0.25) is 5.02 Å². The predicted octanol–water partition coefficient (Wildman–Crippen LogP) is 5.53. The number of carbonyl (C=O) groups excluding carboxylic acids is 1. The van der Waals surface area contributed by atoms with Crippen molar-refractivity contribution in [1.29, 1.82) is 0 Å². The van der Waals surface area contributed by atoms with Gasteiger partial charge in [0.25, 0.3) is 15.9 Å². The van der Waals surface area contributed by atoms with Crippen LogP contribution in [0.25, 0.3) is 0 Å². The van der Waals surface area contributed by atoms with Crippen LogP contribution >= 0.6 is 27.5 Å². The summed E-state index contributed by atoms with van der Waals surface area (Å²) in [4.78, 5) is 13.1. The third kappa shape index (κ3) is 5.26. The van der Waals surface area contributed by atoms with Crippen LogP contribution in [0.15, 0.2) is 70.0 Å². The molecule has 6 nitrogen and oxygen atoms in total. The van der Waals surface area contributed by atoms with E-state index in [0.29, 0.717) is 16.5 Å². The van der Waals surface area contributed by atoms with Crippen LogP contribution in [-0.4, -0.2) is 28.0 Å². The number of hydrogen-bond donors (Lipinski definition) is 0. The smallest absolute Gasteiger partial charge is 0.278 e. The summed E-state index contributed by atoms with van der Waals surface area (Å²) in [7, 11) is -2.73. The van der Waals surface area contributed by atoms with Crippen molar-refractivity contribution in [3.63, 3.8) is 0 Å². The minimum Gasteiger partial charge on any atom is -0.497 e. The molecule has 32 heavy (non-hydrogen) atoms. The van der Waals surface area contributed by atoms with Gasteiger partial charge in [-0.3, -0.25) is 4.79 Å². The van der Waals surface area contributed by atoms with Gasteiger partial charge in [-0.05, 0) is 85.6 Å². The predicted molar refractivity (Wildman–Crippen MR) is 128 cm³/mol. The van der Waals surface area contributed by atoms with Crippen LogP contribution < -0.4 is 13.8 Å². The lowest BCUT2D eigenvalue weighted by molar-refractivity contribution is -0.119. The van der Waals surface area contributed by atoms with Crippen molar-refractivity contribution in [1.82, 2.24) is 0 Å². The number of benzene rings is 3. The Morgan fingerprint density at radius 3 is 2.09 bits per heavy atom. The first-order valence-corrected chi connectivity index (χ1v) is 12.1. The zero-order valence-electron chi connectivity index (χ0n) is 17.6. The van der Waals surface area contributed by atoms with Crippen molar-refractivity contribution in [2.24, 2.45) is 0 Å². The molecule has 0 unspecified atom stereocenters. The number of rotatable bonds is 7. The van der Waals surface area contributed by atoms with E-state index >= 15 is 0 Å². The van der Waals surface area contributed by atoms with E-state index in [4.69, 9.17) is 21.1 Å². The molecule has 0 aliphatic rings. The maximum absolute atomic E-state index is 13.4. The monoisotopic (exact) mass is 537 g/mol. The number of carbonyl (C=O) groups is 1. The summed E-state index contributed by atoms with van der Waals surface area (Å²) in [5.74, 6) is 0.314. The molecule has 168 valence electrons. The van der Waals surface area contributed by atoms with Gasteiger partial charge in [-0.1, -0.05) is 27.5 Å². The fourth-order valence-corrected chi connectivity index (χ4v) is 5.39. The molecular weight excluding hydrogens is 518 g/mol. The van der Waals surface area contributed by atoms with Crippen molar-refractivity contribution in [2.75, 3.05) is 18.0 Å². The van der Waals surface area contributed by atoms with Crippen molar-refractivity contribution in [3.8, 4) is 11.5 Å². The largest absolute Gasteiger partial charge is 0.497 e. The molecule has 3 aromatic rings. The first kappa shape index (κ1) is 24.1. The summed E-state index contributed by atoms with van der Waals surface area (Å²) in [6.07, 6.45) is 0. The van der Waals surface area contributed by atoms with E-state index in [9.17, 15) is 13.2 Å². The molecule has 0 saturated heterocycles. The van der Waals surface area contributed by atoms with Gasteiger partial charge in [-0.2, -0.15) is 4.31 Å². The number of methoxy groups -OCH3 is 1. The Labute approximate surface area is 200 Å². The molecule has 0 heterocycles. The highest BCUT2D eigenvalue weighted by molar-refractivity contribution is 9.10. The number of sulfonamides is 1. The average Bonchev–Trinajstić information content (AvgIpc) is 2.73. The quantitative estimate of drug-likeness (QED) is 0.396. The van der Waals surface area contributed by atoms with Gasteiger partial charge in [0, 0.05) is 9.50 Å². The number of amides is 1. The van der Waals surface area contributed by atoms with E-state index < -0.39 is 22.5 Å². The summed E-state index contributed by atoms with van der Waals surface area (Å²) in [6.45, 7) is 3.23. The van der Waals surface area contributed by atoms with Gasteiger partial charge >= 0.3 is 0 Å². The highest BCUT2D eigenvalue weighted by Gasteiger charge is 2.31. The first-order valence-electron chi connectivity index (χ1n) is 9.51. The van der Waals surface area contributed by atoms with Gasteiger partial charge in [0.15, 0.2) is 6.61 Å². The minimum absolute atomic E-state index is 0.0675. The Bertz CT molecular complexity index is 1210.